The van der Waals surface area contributed by atoms with Crippen LogP contribution in [0.15, 0.2) is 18.2 Å². The van der Waals surface area contributed by atoms with E-state index in [4.69, 9.17) is 16.3 Å². The van der Waals surface area contributed by atoms with E-state index in [2.05, 4.69) is 10.6 Å². The molecule has 4 heteroatoms. The quantitative estimate of drug-likeness (QED) is 0.722. The molecule has 1 aromatic carbocycles. The van der Waals surface area contributed by atoms with Crippen LogP contribution in [0.2, 0.25) is 5.02 Å². The molecular weight excluding hydrogens is 224 g/mol. The van der Waals surface area contributed by atoms with Crippen LogP contribution in [0.1, 0.15) is 12.8 Å². The molecule has 1 rings (SSSR count). The summed E-state index contributed by atoms with van der Waals surface area (Å²) in [5.74, 6) is 0.831. The van der Waals surface area contributed by atoms with E-state index in [1.54, 1.807) is 7.11 Å². The van der Waals surface area contributed by atoms with E-state index in [1.807, 2.05) is 25.2 Å². The van der Waals surface area contributed by atoms with Gasteiger partial charge >= 0.3 is 0 Å². The molecule has 0 atom stereocenters. The molecule has 0 amide bonds. The van der Waals surface area contributed by atoms with Crippen LogP contribution < -0.4 is 15.4 Å². The summed E-state index contributed by atoms with van der Waals surface area (Å²) >= 11 is 5.93. The van der Waals surface area contributed by atoms with Gasteiger partial charge in [-0.25, -0.2) is 0 Å². The summed E-state index contributed by atoms with van der Waals surface area (Å²) in [5.41, 5.74) is 0.958. The van der Waals surface area contributed by atoms with Crippen LogP contribution in [-0.2, 0) is 0 Å². The third kappa shape index (κ3) is 4.29. The van der Waals surface area contributed by atoms with E-state index in [1.165, 1.54) is 0 Å². The van der Waals surface area contributed by atoms with Crippen molar-refractivity contribution < 1.29 is 4.74 Å². The van der Waals surface area contributed by atoms with Gasteiger partial charge in [0.25, 0.3) is 0 Å². The molecule has 0 saturated heterocycles. The lowest BCUT2D eigenvalue weighted by Gasteiger charge is -2.11. The molecule has 0 fully saturated rings. The van der Waals surface area contributed by atoms with Crippen LogP contribution in [0.3, 0.4) is 0 Å². The fraction of sp³-hybridized carbons (Fsp3) is 0.500. The number of hydrogen-bond acceptors (Lipinski definition) is 3. The van der Waals surface area contributed by atoms with E-state index in [0.29, 0.717) is 0 Å². The third-order valence-corrected chi connectivity index (χ3v) is 2.57. The average molecular weight is 243 g/mol. The Labute approximate surface area is 102 Å². The van der Waals surface area contributed by atoms with Crippen molar-refractivity contribution in [3.63, 3.8) is 0 Å². The van der Waals surface area contributed by atoms with Gasteiger partial charge in [-0.3, -0.25) is 0 Å². The Bertz CT molecular complexity index is 318. The highest BCUT2D eigenvalue weighted by molar-refractivity contribution is 6.30. The highest BCUT2D eigenvalue weighted by atomic mass is 35.5. The van der Waals surface area contributed by atoms with Crippen molar-refractivity contribution in [2.75, 3.05) is 32.6 Å². The first-order valence-corrected chi connectivity index (χ1v) is 5.87. The summed E-state index contributed by atoms with van der Waals surface area (Å²) in [6, 6.07) is 5.59. The molecule has 0 aliphatic carbocycles. The van der Waals surface area contributed by atoms with Gasteiger partial charge in [0.1, 0.15) is 5.75 Å². The van der Waals surface area contributed by atoms with Crippen LogP contribution in [0.4, 0.5) is 5.69 Å². The molecule has 0 bridgehead atoms. The monoisotopic (exact) mass is 242 g/mol. The van der Waals surface area contributed by atoms with Crippen molar-refractivity contribution in [1.29, 1.82) is 0 Å². The summed E-state index contributed by atoms with van der Waals surface area (Å²) in [6.07, 6.45) is 2.28. The first kappa shape index (κ1) is 13.1. The Morgan fingerprint density at radius 3 is 2.69 bits per heavy atom. The second kappa shape index (κ2) is 7.36. The average Bonchev–Trinajstić information content (AvgIpc) is 2.29. The summed E-state index contributed by atoms with van der Waals surface area (Å²) in [5, 5.41) is 7.17. The Balaban J connectivity index is 2.42. The normalized spacial score (nSPS) is 10.2. The van der Waals surface area contributed by atoms with Crippen LogP contribution in [0.5, 0.6) is 5.75 Å². The fourth-order valence-corrected chi connectivity index (χ4v) is 1.64. The van der Waals surface area contributed by atoms with Crippen molar-refractivity contribution in [2.45, 2.75) is 12.8 Å². The number of methoxy groups -OCH3 is 1. The van der Waals surface area contributed by atoms with Gasteiger partial charge < -0.3 is 15.4 Å². The number of hydrogen-bond donors (Lipinski definition) is 2. The number of anilines is 1. The smallest absolute Gasteiger partial charge is 0.142 e. The summed E-state index contributed by atoms with van der Waals surface area (Å²) in [4.78, 5) is 0. The van der Waals surface area contributed by atoms with E-state index in [-0.39, 0.29) is 0 Å². The van der Waals surface area contributed by atoms with Crippen molar-refractivity contribution in [2.24, 2.45) is 0 Å². The summed E-state index contributed by atoms with van der Waals surface area (Å²) in [6.45, 7) is 1.98. The minimum absolute atomic E-state index is 0.721. The predicted molar refractivity (Wildman–Crippen MR) is 69.7 cm³/mol. The largest absolute Gasteiger partial charge is 0.495 e. The molecule has 16 heavy (non-hydrogen) atoms. The minimum Gasteiger partial charge on any atom is -0.495 e. The van der Waals surface area contributed by atoms with Crippen LogP contribution in [0.25, 0.3) is 0 Å². The molecule has 90 valence electrons. The Morgan fingerprint density at radius 1 is 1.25 bits per heavy atom. The van der Waals surface area contributed by atoms with Gasteiger partial charge in [0.15, 0.2) is 0 Å². The van der Waals surface area contributed by atoms with Gasteiger partial charge in [-0.15, -0.1) is 0 Å². The van der Waals surface area contributed by atoms with Gasteiger partial charge in [0, 0.05) is 11.6 Å². The minimum atomic E-state index is 0.721. The number of ether oxygens (including phenoxy) is 1. The van der Waals surface area contributed by atoms with Gasteiger partial charge in [0.2, 0.25) is 0 Å². The Kier molecular flexibility index (Phi) is 6.04. The lowest BCUT2D eigenvalue weighted by atomic mass is 10.2. The fourth-order valence-electron chi connectivity index (χ4n) is 1.47. The number of halogens is 1. The third-order valence-electron chi connectivity index (χ3n) is 2.33. The topological polar surface area (TPSA) is 33.3 Å². The molecule has 0 radical (unpaired) electrons. The van der Waals surface area contributed by atoms with E-state index >= 15 is 0 Å². The van der Waals surface area contributed by atoms with Gasteiger partial charge in [0.05, 0.1) is 12.8 Å². The lowest BCUT2D eigenvalue weighted by molar-refractivity contribution is 0.416. The maximum absolute atomic E-state index is 5.93. The zero-order valence-corrected chi connectivity index (χ0v) is 10.6. The highest BCUT2D eigenvalue weighted by Crippen LogP contribution is 2.27. The lowest BCUT2D eigenvalue weighted by Crippen LogP contribution is -2.10. The number of nitrogens with one attached hydrogen (secondary N) is 2. The maximum atomic E-state index is 5.93. The predicted octanol–water partition coefficient (Wildman–Crippen LogP) is 2.76. The molecular formula is C12H19ClN2O. The van der Waals surface area contributed by atoms with Gasteiger partial charge in [-0.05, 0) is 44.6 Å². The molecule has 0 unspecified atom stereocenters. The summed E-state index contributed by atoms with van der Waals surface area (Å²) < 4.78 is 5.25. The van der Waals surface area contributed by atoms with Crippen LogP contribution >= 0.6 is 11.6 Å². The molecule has 0 aliphatic rings. The molecule has 3 nitrogen and oxygen atoms in total. The second-order valence-electron chi connectivity index (χ2n) is 3.58. The number of rotatable bonds is 7. The second-order valence-corrected chi connectivity index (χ2v) is 4.02. The summed E-state index contributed by atoms with van der Waals surface area (Å²) in [7, 11) is 3.63. The van der Waals surface area contributed by atoms with E-state index < -0.39 is 0 Å². The SMILES string of the molecule is CNCCCCNc1cc(Cl)ccc1OC. The number of benzene rings is 1. The molecule has 0 heterocycles. The van der Waals surface area contributed by atoms with Crippen molar-refractivity contribution in [3.8, 4) is 5.75 Å². The van der Waals surface area contributed by atoms with Crippen molar-refractivity contribution in [1.82, 2.24) is 5.32 Å². The molecule has 0 saturated carbocycles. The van der Waals surface area contributed by atoms with Crippen LogP contribution in [0, 0.1) is 0 Å². The zero-order valence-electron chi connectivity index (χ0n) is 9.85. The van der Waals surface area contributed by atoms with Crippen molar-refractivity contribution >= 4 is 17.3 Å². The van der Waals surface area contributed by atoms with Crippen molar-refractivity contribution in [3.05, 3.63) is 23.2 Å². The molecule has 2 N–H and O–H groups in total. The zero-order chi connectivity index (χ0) is 11.8. The molecule has 0 aliphatic heterocycles. The van der Waals surface area contributed by atoms with E-state index in [9.17, 15) is 0 Å². The maximum Gasteiger partial charge on any atom is 0.142 e. The molecule has 1 aromatic rings. The van der Waals surface area contributed by atoms with Gasteiger partial charge in [-0.2, -0.15) is 0 Å². The van der Waals surface area contributed by atoms with E-state index in [0.717, 1.165) is 42.4 Å². The molecule has 0 spiro atoms. The standard InChI is InChI=1S/C12H19ClN2O/c1-14-7-3-4-8-15-11-9-10(13)5-6-12(11)16-2/h5-6,9,14-15H,3-4,7-8H2,1-2H3. The molecule has 0 aromatic heterocycles. The first-order chi connectivity index (χ1) is 7.77. The first-order valence-electron chi connectivity index (χ1n) is 5.50. The number of unbranched alkanes of at least 4 members (excludes halogenated alkanes) is 1. The van der Waals surface area contributed by atoms with Gasteiger partial charge in [-0.1, -0.05) is 11.6 Å². The Morgan fingerprint density at radius 2 is 2.00 bits per heavy atom. The van der Waals surface area contributed by atoms with Crippen LogP contribution in [-0.4, -0.2) is 27.2 Å². The highest BCUT2D eigenvalue weighted by Gasteiger charge is 2.02. The Hall–Kier alpha value is -0.930.